The van der Waals surface area contributed by atoms with Gasteiger partial charge in [-0.15, -0.1) is 5.06 Å². The minimum absolute atomic E-state index is 0.287. The fraction of sp³-hybridized carbons (Fsp3) is 0.625. The number of hydroxylamine groups is 2. The van der Waals surface area contributed by atoms with E-state index in [4.69, 9.17) is 9.57 Å². The zero-order valence-corrected chi connectivity index (χ0v) is 19.2. The summed E-state index contributed by atoms with van der Waals surface area (Å²) in [4.78, 5) is 30.6. The van der Waals surface area contributed by atoms with Gasteiger partial charge in [-0.1, -0.05) is 18.2 Å². The molecule has 1 saturated heterocycles. The summed E-state index contributed by atoms with van der Waals surface area (Å²) >= 11 is 0. The maximum Gasteiger partial charge on any atom is 0.426 e. The molecule has 2 amide bonds. The van der Waals surface area contributed by atoms with Crippen LogP contribution in [0.15, 0.2) is 24.3 Å². The van der Waals surface area contributed by atoms with Crippen LogP contribution in [0, 0.1) is 16.7 Å². The number of piperidine rings is 1. The van der Waals surface area contributed by atoms with E-state index >= 15 is 8.78 Å². The SMILES string of the molecule is COc1ccccc1CC(F)(F)C[C@H](NC(=O)ON1CCC2(CC1)CC2)C(=O)NC1(C#N)CC1. The number of ether oxygens (including phenoxy) is 1. The third-order valence-corrected chi connectivity index (χ3v) is 7.03. The van der Waals surface area contributed by atoms with Gasteiger partial charge in [0.25, 0.3) is 5.92 Å². The molecule has 1 aliphatic heterocycles. The number of alkyl halides is 2. The van der Waals surface area contributed by atoms with Crippen molar-refractivity contribution in [2.75, 3.05) is 20.2 Å². The van der Waals surface area contributed by atoms with Crippen LogP contribution in [0.1, 0.15) is 50.5 Å². The van der Waals surface area contributed by atoms with E-state index in [-0.39, 0.29) is 5.56 Å². The van der Waals surface area contributed by atoms with Gasteiger partial charge in [-0.2, -0.15) is 5.26 Å². The average Bonchev–Trinajstić information content (AvgIpc) is 3.73. The number of rotatable bonds is 9. The first-order valence-electron chi connectivity index (χ1n) is 11.6. The molecule has 1 spiro atoms. The molecule has 2 aliphatic carbocycles. The van der Waals surface area contributed by atoms with Crippen LogP contribution in [-0.2, 0) is 16.1 Å². The fourth-order valence-corrected chi connectivity index (χ4v) is 4.43. The number of hydrogen-bond donors (Lipinski definition) is 2. The Bertz CT molecular complexity index is 962. The normalized spacial score (nSPS) is 21.1. The number of halogens is 2. The highest BCUT2D eigenvalue weighted by atomic mass is 19.3. The highest BCUT2D eigenvalue weighted by Gasteiger charge is 2.48. The number of nitriles is 1. The number of nitrogens with zero attached hydrogens (tertiary/aromatic N) is 2. The van der Waals surface area contributed by atoms with E-state index in [0.717, 1.165) is 12.8 Å². The van der Waals surface area contributed by atoms with Gasteiger partial charge in [-0.3, -0.25) is 4.79 Å². The Morgan fingerprint density at radius 3 is 2.44 bits per heavy atom. The summed E-state index contributed by atoms with van der Waals surface area (Å²) in [6.45, 7) is 1.15. The lowest BCUT2D eigenvalue weighted by molar-refractivity contribution is -0.131. The van der Waals surface area contributed by atoms with Crippen LogP contribution in [0.2, 0.25) is 0 Å². The second-order valence-electron chi connectivity index (χ2n) is 9.74. The summed E-state index contributed by atoms with van der Waals surface area (Å²) in [7, 11) is 1.40. The van der Waals surface area contributed by atoms with Crippen molar-refractivity contribution >= 4 is 12.0 Å². The number of benzene rings is 1. The molecular formula is C24H30F2N4O4. The molecule has 0 radical (unpaired) electrons. The Morgan fingerprint density at radius 2 is 1.85 bits per heavy atom. The molecule has 0 unspecified atom stereocenters. The quantitative estimate of drug-likeness (QED) is 0.567. The standard InChI is InChI=1S/C24H30F2N4O4/c1-33-19-5-3-2-4-17(19)14-24(25,26)15-18(20(31)29-23(16-27)8-9-23)28-21(32)34-30-12-10-22(6-7-22)11-13-30/h2-5,18H,6-15H2,1H3,(H,28,32)(H,29,31)/t18-/m0/s1. The number of hydrogen-bond acceptors (Lipinski definition) is 6. The lowest BCUT2D eigenvalue weighted by Gasteiger charge is -2.31. The highest BCUT2D eigenvalue weighted by molar-refractivity contribution is 5.86. The Kier molecular flexibility index (Phi) is 6.67. The first kappa shape index (κ1) is 24.2. The van der Waals surface area contributed by atoms with Crippen molar-refractivity contribution in [3.63, 3.8) is 0 Å². The molecule has 2 N–H and O–H groups in total. The van der Waals surface area contributed by atoms with Crippen LogP contribution >= 0.6 is 0 Å². The Labute approximate surface area is 197 Å². The fourth-order valence-electron chi connectivity index (χ4n) is 4.43. The topological polar surface area (TPSA) is 104 Å². The Morgan fingerprint density at radius 1 is 1.18 bits per heavy atom. The molecule has 34 heavy (non-hydrogen) atoms. The summed E-state index contributed by atoms with van der Waals surface area (Å²) in [6, 6.07) is 6.85. The summed E-state index contributed by atoms with van der Waals surface area (Å²) < 4.78 is 35.3. The van der Waals surface area contributed by atoms with E-state index in [9.17, 15) is 14.9 Å². The minimum atomic E-state index is -3.34. The number of carbonyl (C=O) groups excluding carboxylic acids is 2. The van der Waals surface area contributed by atoms with Gasteiger partial charge in [0, 0.05) is 31.5 Å². The van der Waals surface area contributed by atoms with Gasteiger partial charge >= 0.3 is 6.09 Å². The van der Waals surface area contributed by atoms with Crippen molar-refractivity contribution < 1.29 is 27.9 Å². The van der Waals surface area contributed by atoms with Crippen molar-refractivity contribution in [1.82, 2.24) is 15.7 Å². The number of nitrogens with one attached hydrogen (secondary N) is 2. The molecule has 3 aliphatic rings. The molecule has 1 aromatic rings. The third-order valence-electron chi connectivity index (χ3n) is 7.03. The van der Waals surface area contributed by atoms with Crippen LogP contribution in [-0.4, -0.2) is 54.8 Å². The van der Waals surface area contributed by atoms with E-state index in [1.165, 1.54) is 31.1 Å². The van der Waals surface area contributed by atoms with E-state index in [2.05, 4.69) is 10.6 Å². The second-order valence-corrected chi connectivity index (χ2v) is 9.74. The maximum atomic E-state index is 15.1. The van der Waals surface area contributed by atoms with E-state index in [0.29, 0.717) is 37.1 Å². The van der Waals surface area contributed by atoms with E-state index in [1.807, 2.05) is 6.07 Å². The number of methoxy groups -OCH3 is 1. The molecule has 1 atom stereocenters. The van der Waals surface area contributed by atoms with Gasteiger partial charge < -0.3 is 20.2 Å². The van der Waals surface area contributed by atoms with E-state index in [1.54, 1.807) is 18.2 Å². The lowest BCUT2D eigenvalue weighted by Crippen LogP contribution is -2.53. The first-order chi connectivity index (χ1) is 16.2. The minimum Gasteiger partial charge on any atom is -0.496 e. The van der Waals surface area contributed by atoms with Crippen molar-refractivity contribution in [3.8, 4) is 11.8 Å². The van der Waals surface area contributed by atoms with Crippen molar-refractivity contribution in [3.05, 3.63) is 29.8 Å². The van der Waals surface area contributed by atoms with Gasteiger partial charge in [0.1, 0.15) is 17.3 Å². The second kappa shape index (κ2) is 9.37. The van der Waals surface area contributed by atoms with Crippen molar-refractivity contribution in [2.24, 2.45) is 5.41 Å². The molecule has 8 nitrogen and oxygen atoms in total. The van der Waals surface area contributed by atoms with Crippen molar-refractivity contribution in [2.45, 2.75) is 68.9 Å². The van der Waals surface area contributed by atoms with Crippen LogP contribution in [0.3, 0.4) is 0 Å². The molecule has 0 bridgehead atoms. The van der Waals surface area contributed by atoms with Crippen LogP contribution in [0.5, 0.6) is 5.75 Å². The van der Waals surface area contributed by atoms with Crippen LogP contribution in [0.4, 0.5) is 13.6 Å². The largest absolute Gasteiger partial charge is 0.496 e. The Balaban J connectivity index is 1.40. The van der Waals surface area contributed by atoms with Gasteiger partial charge in [0.15, 0.2) is 0 Å². The predicted molar refractivity (Wildman–Crippen MR) is 118 cm³/mol. The number of carbonyl (C=O) groups is 2. The van der Waals surface area contributed by atoms with Gasteiger partial charge in [0.05, 0.1) is 13.2 Å². The molecule has 0 aromatic heterocycles. The lowest BCUT2D eigenvalue weighted by atomic mass is 9.95. The number of amides is 2. The van der Waals surface area contributed by atoms with Crippen molar-refractivity contribution in [1.29, 1.82) is 5.26 Å². The van der Waals surface area contributed by atoms with Crippen LogP contribution < -0.4 is 15.4 Å². The molecule has 4 rings (SSSR count). The molecule has 2 saturated carbocycles. The molecule has 1 heterocycles. The smallest absolute Gasteiger partial charge is 0.426 e. The van der Waals surface area contributed by atoms with Gasteiger partial charge in [-0.05, 0) is 50.0 Å². The molecule has 10 heteroatoms. The Hall–Kier alpha value is -2.93. The summed E-state index contributed by atoms with van der Waals surface area (Å²) in [5.41, 5.74) is -0.380. The molecule has 1 aromatic carbocycles. The van der Waals surface area contributed by atoms with E-state index < -0.39 is 42.3 Å². The summed E-state index contributed by atoms with van der Waals surface area (Å²) in [5, 5.41) is 15.6. The van der Waals surface area contributed by atoms with Crippen LogP contribution in [0.25, 0.3) is 0 Å². The predicted octanol–water partition coefficient (Wildman–Crippen LogP) is 3.32. The number of para-hydroxylation sites is 1. The highest BCUT2D eigenvalue weighted by Crippen LogP contribution is 2.53. The molecule has 184 valence electrons. The monoisotopic (exact) mass is 476 g/mol. The zero-order chi connectivity index (χ0) is 24.4. The summed E-state index contributed by atoms with van der Waals surface area (Å²) in [5.74, 6) is -3.85. The first-order valence-corrected chi connectivity index (χ1v) is 11.6. The molecule has 3 fully saturated rings. The third kappa shape index (κ3) is 5.95. The zero-order valence-electron chi connectivity index (χ0n) is 19.2. The van der Waals surface area contributed by atoms with Gasteiger partial charge in [0.2, 0.25) is 5.91 Å². The average molecular weight is 477 g/mol. The summed E-state index contributed by atoms with van der Waals surface area (Å²) in [6.07, 6.45) is 2.54. The maximum absolute atomic E-state index is 15.1. The van der Waals surface area contributed by atoms with Gasteiger partial charge in [-0.25, -0.2) is 13.6 Å². The molecular weight excluding hydrogens is 446 g/mol.